The van der Waals surface area contributed by atoms with Crippen LogP contribution in [0.1, 0.15) is 45.4 Å². The van der Waals surface area contributed by atoms with E-state index in [1.807, 2.05) is 0 Å². The molecule has 1 aliphatic carbocycles. The molecule has 0 aliphatic heterocycles. The Hall–Kier alpha value is -0.0400. The van der Waals surface area contributed by atoms with Crippen LogP contribution in [-0.4, -0.2) is 6.04 Å². The van der Waals surface area contributed by atoms with E-state index >= 15 is 0 Å². The summed E-state index contributed by atoms with van der Waals surface area (Å²) in [6.45, 7) is 2.17. The van der Waals surface area contributed by atoms with E-state index in [-0.39, 0.29) is 0 Å². The molecule has 0 aromatic carbocycles. The minimum Gasteiger partial charge on any atom is -0.327 e. The van der Waals surface area contributed by atoms with Crippen LogP contribution in [0, 0.1) is 5.92 Å². The summed E-state index contributed by atoms with van der Waals surface area (Å²) in [5.41, 5.74) is 5.91. The third kappa shape index (κ3) is 1.98. The molecule has 0 bridgehead atoms. The van der Waals surface area contributed by atoms with Gasteiger partial charge in [0.2, 0.25) is 0 Å². The molecule has 0 heterocycles. The molecular weight excluding hydrogens is 122 g/mol. The smallest absolute Gasteiger partial charge is 0.00988 e. The zero-order valence-electron chi connectivity index (χ0n) is 6.90. The first-order valence-electron chi connectivity index (χ1n) is 4.44. The van der Waals surface area contributed by atoms with Crippen LogP contribution in [0.3, 0.4) is 0 Å². The largest absolute Gasteiger partial charge is 0.327 e. The highest BCUT2D eigenvalue weighted by Gasteiger charge is 2.18. The highest BCUT2D eigenvalue weighted by molar-refractivity contribution is 5.00. The van der Waals surface area contributed by atoms with Gasteiger partial charge in [-0.15, -0.1) is 0 Å². The third-order valence-electron chi connectivity index (χ3n) is 2.46. The van der Waals surface area contributed by atoms with Gasteiger partial charge in [-0.05, 0) is 25.2 Å². The van der Waals surface area contributed by atoms with E-state index in [0.717, 1.165) is 6.42 Å². The molecule has 1 atom stereocenters. The Morgan fingerprint density at radius 2 is 1.90 bits per heavy atom. The summed E-state index contributed by atoms with van der Waals surface area (Å²) >= 11 is 0. The number of rotatable bonds is 2. The van der Waals surface area contributed by atoms with E-state index in [9.17, 15) is 0 Å². The van der Waals surface area contributed by atoms with Crippen LogP contribution in [-0.2, 0) is 0 Å². The SMILES string of the molecule is CCC(N)[C]1CCCCC1. The Morgan fingerprint density at radius 3 is 2.40 bits per heavy atom. The van der Waals surface area contributed by atoms with Crippen LogP contribution in [0.25, 0.3) is 0 Å². The van der Waals surface area contributed by atoms with Gasteiger partial charge in [0.1, 0.15) is 0 Å². The molecule has 1 radical (unpaired) electrons. The summed E-state index contributed by atoms with van der Waals surface area (Å²) in [6, 6.07) is 0.403. The molecule has 1 rings (SSSR count). The van der Waals surface area contributed by atoms with Gasteiger partial charge in [-0.25, -0.2) is 0 Å². The third-order valence-corrected chi connectivity index (χ3v) is 2.46. The first kappa shape index (κ1) is 8.06. The monoisotopic (exact) mass is 140 g/mol. The van der Waals surface area contributed by atoms with Crippen molar-refractivity contribution in [2.45, 2.75) is 51.5 Å². The molecule has 1 saturated carbocycles. The van der Waals surface area contributed by atoms with Crippen LogP contribution >= 0.6 is 0 Å². The Balaban J connectivity index is 2.24. The van der Waals surface area contributed by atoms with Crippen LogP contribution in [0.15, 0.2) is 0 Å². The predicted molar refractivity (Wildman–Crippen MR) is 44.6 cm³/mol. The van der Waals surface area contributed by atoms with Crippen molar-refractivity contribution in [2.75, 3.05) is 0 Å². The topological polar surface area (TPSA) is 26.0 Å². The molecule has 1 aliphatic rings. The van der Waals surface area contributed by atoms with Crippen molar-refractivity contribution >= 4 is 0 Å². The van der Waals surface area contributed by atoms with E-state index in [1.165, 1.54) is 32.1 Å². The van der Waals surface area contributed by atoms with Gasteiger partial charge in [0.25, 0.3) is 0 Å². The molecule has 1 unspecified atom stereocenters. The van der Waals surface area contributed by atoms with E-state index < -0.39 is 0 Å². The van der Waals surface area contributed by atoms with Gasteiger partial charge in [-0.2, -0.15) is 0 Å². The Kier molecular flexibility index (Phi) is 3.20. The summed E-state index contributed by atoms with van der Waals surface area (Å²) in [4.78, 5) is 0. The van der Waals surface area contributed by atoms with E-state index in [0.29, 0.717) is 6.04 Å². The molecule has 1 fully saturated rings. The number of nitrogens with two attached hydrogens (primary N) is 1. The quantitative estimate of drug-likeness (QED) is 0.625. The zero-order chi connectivity index (χ0) is 7.40. The maximum Gasteiger partial charge on any atom is 0.00988 e. The Morgan fingerprint density at radius 1 is 1.30 bits per heavy atom. The molecule has 0 aromatic heterocycles. The number of hydrogen-bond donors (Lipinski definition) is 1. The zero-order valence-corrected chi connectivity index (χ0v) is 6.90. The fourth-order valence-electron chi connectivity index (χ4n) is 1.67. The van der Waals surface area contributed by atoms with Crippen molar-refractivity contribution in [3.8, 4) is 0 Å². The highest BCUT2D eigenvalue weighted by Crippen LogP contribution is 2.28. The Bertz CT molecular complexity index is 84.7. The van der Waals surface area contributed by atoms with Crippen LogP contribution < -0.4 is 5.73 Å². The predicted octanol–water partition coefficient (Wildman–Crippen LogP) is 2.26. The second-order valence-electron chi connectivity index (χ2n) is 3.23. The van der Waals surface area contributed by atoms with Crippen molar-refractivity contribution in [2.24, 2.45) is 5.73 Å². The molecular formula is C9H18N. The first-order valence-corrected chi connectivity index (χ1v) is 4.44. The highest BCUT2D eigenvalue weighted by atomic mass is 14.6. The molecule has 1 heteroatoms. The van der Waals surface area contributed by atoms with Crippen molar-refractivity contribution in [1.82, 2.24) is 0 Å². The van der Waals surface area contributed by atoms with Gasteiger partial charge >= 0.3 is 0 Å². The first-order chi connectivity index (χ1) is 4.84. The fourth-order valence-corrected chi connectivity index (χ4v) is 1.67. The number of hydrogen-bond acceptors (Lipinski definition) is 1. The van der Waals surface area contributed by atoms with Crippen molar-refractivity contribution in [3.05, 3.63) is 5.92 Å². The molecule has 0 spiro atoms. The maximum absolute atomic E-state index is 5.91. The molecule has 0 amide bonds. The minimum absolute atomic E-state index is 0.403. The summed E-state index contributed by atoms with van der Waals surface area (Å²) in [6.07, 6.45) is 7.89. The summed E-state index contributed by atoms with van der Waals surface area (Å²) in [5, 5.41) is 0. The second-order valence-corrected chi connectivity index (χ2v) is 3.23. The average molecular weight is 140 g/mol. The summed E-state index contributed by atoms with van der Waals surface area (Å²) in [5.74, 6) is 1.62. The van der Waals surface area contributed by atoms with Gasteiger partial charge in [0, 0.05) is 6.04 Å². The van der Waals surface area contributed by atoms with Crippen LogP contribution in [0.4, 0.5) is 0 Å². The molecule has 0 saturated heterocycles. The molecule has 59 valence electrons. The molecule has 2 N–H and O–H groups in total. The molecule has 10 heavy (non-hydrogen) atoms. The summed E-state index contributed by atoms with van der Waals surface area (Å²) < 4.78 is 0. The lowest BCUT2D eigenvalue weighted by molar-refractivity contribution is 0.467. The van der Waals surface area contributed by atoms with E-state index in [2.05, 4.69) is 6.92 Å². The van der Waals surface area contributed by atoms with E-state index in [4.69, 9.17) is 5.73 Å². The Labute approximate surface area is 64.0 Å². The minimum atomic E-state index is 0.403. The van der Waals surface area contributed by atoms with Crippen LogP contribution in [0.2, 0.25) is 0 Å². The van der Waals surface area contributed by atoms with Crippen molar-refractivity contribution in [1.29, 1.82) is 0 Å². The van der Waals surface area contributed by atoms with Gasteiger partial charge in [0.15, 0.2) is 0 Å². The average Bonchev–Trinajstić information content (AvgIpc) is 2.05. The van der Waals surface area contributed by atoms with Gasteiger partial charge in [-0.3, -0.25) is 0 Å². The van der Waals surface area contributed by atoms with Gasteiger partial charge in [-0.1, -0.05) is 26.2 Å². The standard InChI is InChI=1S/C9H18N/c1-2-9(10)8-6-4-3-5-7-8/h9H,2-7,10H2,1H3. The van der Waals surface area contributed by atoms with Crippen molar-refractivity contribution in [3.63, 3.8) is 0 Å². The van der Waals surface area contributed by atoms with E-state index in [1.54, 1.807) is 5.92 Å². The lowest BCUT2D eigenvalue weighted by Gasteiger charge is -2.25. The normalized spacial score (nSPS) is 24.6. The lowest BCUT2D eigenvalue weighted by Crippen LogP contribution is -2.28. The van der Waals surface area contributed by atoms with Gasteiger partial charge < -0.3 is 5.73 Å². The fraction of sp³-hybridized carbons (Fsp3) is 0.889. The molecule has 1 nitrogen and oxygen atoms in total. The lowest BCUT2D eigenvalue weighted by atomic mass is 9.83. The summed E-state index contributed by atoms with van der Waals surface area (Å²) in [7, 11) is 0. The second kappa shape index (κ2) is 3.97. The van der Waals surface area contributed by atoms with Crippen molar-refractivity contribution < 1.29 is 0 Å². The maximum atomic E-state index is 5.91. The molecule has 0 aromatic rings. The van der Waals surface area contributed by atoms with Crippen LogP contribution in [0.5, 0.6) is 0 Å². The van der Waals surface area contributed by atoms with Gasteiger partial charge in [0.05, 0.1) is 0 Å².